The molecule has 0 unspecified atom stereocenters. The van der Waals surface area contributed by atoms with E-state index in [1.54, 1.807) is 17.4 Å². The van der Waals surface area contributed by atoms with Gasteiger partial charge in [0.2, 0.25) is 0 Å². The molecule has 4 radical (unpaired) electrons. The zero-order valence-corrected chi connectivity index (χ0v) is 25.8. The summed E-state index contributed by atoms with van der Waals surface area (Å²) in [5, 5.41) is 9.52. The van der Waals surface area contributed by atoms with Crippen LogP contribution in [-0.2, 0) is 0 Å². The predicted molar refractivity (Wildman–Crippen MR) is 198 cm³/mol. The van der Waals surface area contributed by atoms with Gasteiger partial charge in [-0.05, 0) is 33.7 Å². The number of fused-ring (bicyclic) bond motifs is 13. The molecular formula is C40H21B2N3OS. The molecule has 7 heteroatoms. The Morgan fingerprint density at radius 1 is 0.574 bits per heavy atom. The fourth-order valence-electron chi connectivity index (χ4n) is 7.13. The Hall–Kier alpha value is -5.65. The summed E-state index contributed by atoms with van der Waals surface area (Å²) >= 11 is 1.76. The summed E-state index contributed by atoms with van der Waals surface area (Å²) in [4.78, 5) is 17.3. The van der Waals surface area contributed by atoms with Crippen molar-refractivity contribution in [2.75, 3.05) is 5.06 Å². The van der Waals surface area contributed by atoms with Crippen LogP contribution in [-0.4, -0.2) is 25.7 Å². The van der Waals surface area contributed by atoms with Crippen LogP contribution in [0.2, 0.25) is 0 Å². The second kappa shape index (κ2) is 9.92. The first-order valence-corrected chi connectivity index (χ1v) is 16.2. The Morgan fingerprint density at radius 2 is 1.28 bits per heavy atom. The number of rotatable bonds is 2. The van der Waals surface area contributed by atoms with Gasteiger partial charge in [-0.3, -0.25) is 0 Å². The molecule has 9 aromatic rings. The van der Waals surface area contributed by atoms with Gasteiger partial charge in [-0.15, -0.1) is 16.4 Å². The lowest BCUT2D eigenvalue weighted by Gasteiger charge is -2.33. The SMILES string of the molecule is [B]c1ccc([B])c2c(-c3ccccc3)nc(N3Oc4ccc5ccccc5c4-c4c3c3sc5ccccc5c3c3ccccc43)nc12. The highest BCUT2D eigenvalue weighted by Gasteiger charge is 2.34. The second-order valence-electron chi connectivity index (χ2n) is 11.8. The lowest BCUT2D eigenvalue weighted by atomic mass is 9.83. The molecular weight excluding hydrogens is 592 g/mol. The monoisotopic (exact) mass is 613 g/mol. The minimum atomic E-state index is 0.378. The zero-order chi connectivity index (χ0) is 31.2. The average molecular weight is 613 g/mol. The first-order chi connectivity index (χ1) is 23.2. The van der Waals surface area contributed by atoms with Gasteiger partial charge in [0.25, 0.3) is 5.95 Å². The highest BCUT2D eigenvalue weighted by molar-refractivity contribution is 7.26. The first kappa shape index (κ1) is 26.6. The lowest BCUT2D eigenvalue weighted by Crippen LogP contribution is -2.29. The van der Waals surface area contributed by atoms with Crippen molar-refractivity contribution >= 4 is 102 Å². The molecule has 0 fully saturated rings. The highest BCUT2D eigenvalue weighted by atomic mass is 32.1. The Labute approximate surface area is 276 Å². The molecule has 4 nitrogen and oxygen atoms in total. The van der Waals surface area contributed by atoms with Crippen LogP contribution in [0.15, 0.2) is 127 Å². The van der Waals surface area contributed by atoms with Crippen molar-refractivity contribution < 1.29 is 4.84 Å². The summed E-state index contributed by atoms with van der Waals surface area (Å²) in [6.45, 7) is 0. The third-order valence-corrected chi connectivity index (χ3v) is 10.4. The maximum absolute atomic E-state index is 6.96. The molecule has 0 saturated carbocycles. The van der Waals surface area contributed by atoms with E-state index < -0.39 is 0 Å². The van der Waals surface area contributed by atoms with Crippen LogP contribution in [0.3, 0.4) is 0 Å². The standard InChI is InChI=1S/C40H21B2N3OS/c41-28-19-20-29(42)37-35(28)36(23-11-2-1-3-12-23)43-40(44-37)45-38-34(33-24-13-5-4-10-22(24)18-21-30(33)46-45)26-15-7-6-14-25(26)32-27-16-8-9-17-31(27)47-39(32)38/h1-21H. The molecule has 0 atom stereocenters. The zero-order valence-electron chi connectivity index (χ0n) is 24.9. The number of nitrogens with zero attached hydrogens (tertiary/aromatic N) is 3. The van der Waals surface area contributed by atoms with Crippen LogP contribution in [0.25, 0.3) is 75.0 Å². The van der Waals surface area contributed by atoms with Crippen molar-refractivity contribution in [2.45, 2.75) is 0 Å². The smallest absolute Gasteiger partial charge is 0.265 e. The summed E-state index contributed by atoms with van der Waals surface area (Å²) in [5.41, 5.74) is 6.31. The van der Waals surface area contributed by atoms with Crippen LogP contribution in [0, 0.1) is 0 Å². The average Bonchev–Trinajstić information content (AvgIpc) is 3.52. The minimum Gasteiger partial charge on any atom is -0.371 e. The van der Waals surface area contributed by atoms with E-state index in [0.29, 0.717) is 33.5 Å². The topological polar surface area (TPSA) is 38.2 Å². The quantitative estimate of drug-likeness (QED) is 0.183. The summed E-state index contributed by atoms with van der Waals surface area (Å²) < 4.78 is 2.30. The molecule has 47 heavy (non-hydrogen) atoms. The Balaban J connectivity index is 1.39. The van der Waals surface area contributed by atoms with Crippen LogP contribution < -0.4 is 20.8 Å². The van der Waals surface area contributed by atoms with Gasteiger partial charge >= 0.3 is 0 Å². The van der Waals surface area contributed by atoms with Crippen LogP contribution in [0.4, 0.5) is 11.6 Å². The van der Waals surface area contributed by atoms with E-state index in [4.69, 9.17) is 30.5 Å². The molecule has 3 heterocycles. The van der Waals surface area contributed by atoms with Gasteiger partial charge in [0, 0.05) is 37.5 Å². The van der Waals surface area contributed by atoms with E-state index in [2.05, 4.69) is 78.9 Å². The van der Waals surface area contributed by atoms with Crippen LogP contribution in [0.5, 0.6) is 5.75 Å². The van der Waals surface area contributed by atoms with Crippen molar-refractivity contribution in [1.82, 2.24) is 9.97 Å². The van der Waals surface area contributed by atoms with Gasteiger partial charge in [-0.25, -0.2) is 9.97 Å². The van der Waals surface area contributed by atoms with Crippen molar-refractivity contribution in [3.63, 3.8) is 0 Å². The molecule has 0 aliphatic carbocycles. The summed E-state index contributed by atoms with van der Waals surface area (Å²) in [6.07, 6.45) is 0. The Bertz CT molecular complexity index is 2760. The number of hydrogen-bond donors (Lipinski definition) is 0. The molecule has 0 N–H and O–H groups in total. The molecule has 7 aromatic carbocycles. The molecule has 1 aliphatic rings. The van der Waals surface area contributed by atoms with Crippen LogP contribution >= 0.6 is 11.3 Å². The van der Waals surface area contributed by atoms with E-state index >= 15 is 0 Å². The summed E-state index contributed by atoms with van der Waals surface area (Å²) in [7, 11) is 13.2. The first-order valence-electron chi connectivity index (χ1n) is 15.4. The third kappa shape index (κ3) is 3.78. The highest BCUT2D eigenvalue weighted by Crippen LogP contribution is 2.56. The normalized spacial score (nSPS) is 12.6. The van der Waals surface area contributed by atoms with Gasteiger partial charge in [0.15, 0.2) is 5.75 Å². The molecule has 2 aromatic heterocycles. The van der Waals surface area contributed by atoms with Crippen molar-refractivity contribution in [2.24, 2.45) is 0 Å². The van der Waals surface area contributed by atoms with E-state index in [9.17, 15) is 0 Å². The van der Waals surface area contributed by atoms with Gasteiger partial charge in [0.05, 0.1) is 15.9 Å². The fraction of sp³-hybridized carbons (Fsp3) is 0. The van der Waals surface area contributed by atoms with Crippen LogP contribution in [0.1, 0.15) is 0 Å². The van der Waals surface area contributed by atoms with Crippen molar-refractivity contribution in [3.8, 4) is 28.1 Å². The number of aromatic nitrogens is 2. The second-order valence-corrected chi connectivity index (χ2v) is 12.9. The summed E-state index contributed by atoms with van der Waals surface area (Å²) in [6, 6.07) is 43.5. The Morgan fingerprint density at radius 3 is 2.13 bits per heavy atom. The molecule has 0 bridgehead atoms. The van der Waals surface area contributed by atoms with E-state index in [0.717, 1.165) is 49.0 Å². The van der Waals surface area contributed by atoms with Gasteiger partial charge in [-0.1, -0.05) is 126 Å². The maximum atomic E-state index is 6.96. The molecule has 0 saturated heterocycles. The van der Waals surface area contributed by atoms with E-state index in [1.165, 1.54) is 20.9 Å². The summed E-state index contributed by atoms with van der Waals surface area (Å²) in [5.74, 6) is 1.11. The molecule has 0 amide bonds. The molecule has 214 valence electrons. The molecule has 1 aliphatic heterocycles. The number of thiophene rings is 1. The lowest BCUT2D eigenvalue weighted by molar-refractivity contribution is 0.316. The molecule has 0 spiro atoms. The maximum Gasteiger partial charge on any atom is 0.265 e. The molecule has 10 rings (SSSR count). The third-order valence-electron chi connectivity index (χ3n) is 9.18. The largest absolute Gasteiger partial charge is 0.371 e. The predicted octanol–water partition coefficient (Wildman–Crippen LogP) is 8.67. The van der Waals surface area contributed by atoms with Crippen molar-refractivity contribution in [3.05, 3.63) is 127 Å². The van der Waals surface area contributed by atoms with E-state index in [-0.39, 0.29) is 0 Å². The minimum absolute atomic E-state index is 0.378. The fourth-order valence-corrected chi connectivity index (χ4v) is 8.38. The number of benzene rings is 7. The Kier molecular flexibility index (Phi) is 5.61. The van der Waals surface area contributed by atoms with E-state index in [1.807, 2.05) is 47.5 Å². The van der Waals surface area contributed by atoms with Gasteiger partial charge in [-0.2, -0.15) is 0 Å². The van der Waals surface area contributed by atoms with Gasteiger partial charge in [0.1, 0.15) is 21.4 Å². The van der Waals surface area contributed by atoms with Crippen molar-refractivity contribution in [1.29, 1.82) is 0 Å². The number of hydrogen-bond acceptors (Lipinski definition) is 5. The number of anilines is 2. The van der Waals surface area contributed by atoms with Gasteiger partial charge < -0.3 is 4.84 Å².